The summed E-state index contributed by atoms with van der Waals surface area (Å²) in [5, 5.41) is 13.9. The molecule has 0 fully saturated rings. The van der Waals surface area contributed by atoms with Crippen molar-refractivity contribution in [2.45, 2.75) is 44.3 Å². The van der Waals surface area contributed by atoms with E-state index in [9.17, 15) is 32.5 Å². The molecule has 0 aliphatic heterocycles. The number of sulfonamides is 1. The Morgan fingerprint density at radius 1 is 0.949 bits per heavy atom. The zero-order valence-electron chi connectivity index (χ0n) is 21.7. The average Bonchev–Trinajstić information content (AvgIpc) is 2.91. The van der Waals surface area contributed by atoms with Crippen LogP contribution in [0.3, 0.4) is 0 Å². The molecular formula is C27H29FN4O6S. The van der Waals surface area contributed by atoms with Crippen LogP contribution in [0.15, 0.2) is 83.8 Å². The molecule has 2 amide bonds. The van der Waals surface area contributed by atoms with Crippen molar-refractivity contribution >= 4 is 33.2 Å². The number of nitrogens with zero attached hydrogens (tertiary/aromatic N) is 3. The molecule has 0 saturated heterocycles. The minimum atomic E-state index is -4.29. The summed E-state index contributed by atoms with van der Waals surface area (Å²) in [4.78, 5) is 38.2. The van der Waals surface area contributed by atoms with Crippen LogP contribution >= 0.6 is 0 Å². The van der Waals surface area contributed by atoms with E-state index in [-0.39, 0.29) is 28.9 Å². The van der Waals surface area contributed by atoms with Crippen LogP contribution in [0.1, 0.15) is 26.3 Å². The second-order valence-corrected chi connectivity index (χ2v) is 10.9. The van der Waals surface area contributed by atoms with E-state index < -0.39 is 45.2 Å². The fraction of sp³-hybridized carbons (Fsp3) is 0.259. The lowest BCUT2D eigenvalue weighted by Gasteiger charge is -2.32. The zero-order chi connectivity index (χ0) is 28.7. The van der Waals surface area contributed by atoms with Crippen molar-refractivity contribution in [3.05, 3.63) is 100 Å². The van der Waals surface area contributed by atoms with E-state index >= 15 is 0 Å². The number of amides is 2. The first-order valence-electron chi connectivity index (χ1n) is 12.1. The lowest BCUT2D eigenvalue weighted by Crippen LogP contribution is -2.52. The van der Waals surface area contributed by atoms with Gasteiger partial charge in [-0.05, 0) is 62.7 Å². The van der Waals surface area contributed by atoms with Crippen LogP contribution in [0.2, 0.25) is 0 Å². The fourth-order valence-corrected chi connectivity index (χ4v) is 5.20. The molecule has 1 atom stereocenters. The van der Waals surface area contributed by atoms with Crippen molar-refractivity contribution < 1.29 is 27.3 Å². The molecule has 0 aromatic heterocycles. The molecule has 0 spiro atoms. The van der Waals surface area contributed by atoms with Crippen molar-refractivity contribution in [3.8, 4) is 0 Å². The lowest BCUT2D eigenvalue weighted by atomic mass is 10.1. The van der Waals surface area contributed by atoms with Gasteiger partial charge in [0.25, 0.3) is 15.7 Å². The molecule has 10 nitrogen and oxygen atoms in total. The molecule has 1 N–H and O–H groups in total. The van der Waals surface area contributed by atoms with Crippen LogP contribution in [0.4, 0.5) is 15.8 Å². The number of nitrogens with one attached hydrogen (secondary N) is 1. The van der Waals surface area contributed by atoms with Crippen molar-refractivity contribution in [1.82, 2.24) is 10.2 Å². The molecule has 0 aliphatic carbocycles. The number of nitro groups is 1. The van der Waals surface area contributed by atoms with Crippen molar-refractivity contribution in [2.75, 3.05) is 10.8 Å². The normalized spacial score (nSPS) is 12.0. The molecule has 0 saturated carbocycles. The molecule has 0 bridgehead atoms. The second kappa shape index (κ2) is 12.5. The number of carbonyl (C=O) groups is 2. The Morgan fingerprint density at radius 2 is 1.54 bits per heavy atom. The minimum absolute atomic E-state index is 0.0267. The molecule has 3 aromatic rings. The zero-order valence-corrected chi connectivity index (χ0v) is 22.5. The van der Waals surface area contributed by atoms with Gasteiger partial charge in [-0.2, -0.15) is 0 Å². The Labute approximate surface area is 226 Å². The highest BCUT2D eigenvalue weighted by Gasteiger charge is 2.32. The highest BCUT2D eigenvalue weighted by molar-refractivity contribution is 7.92. The summed E-state index contributed by atoms with van der Waals surface area (Å²) in [6.45, 7) is 4.25. The van der Waals surface area contributed by atoms with Crippen molar-refractivity contribution in [3.63, 3.8) is 0 Å². The standard InChI is InChI=1S/C27H29FN4O6S/c1-19(2)29-27(34)20(3)30(17-21-9-11-22(28)12-10-21)26(33)18-31(23-13-15-24(16-14-23)32(35)36)39(37,38)25-7-5-4-6-8-25/h4-16,19-20H,17-18H2,1-3H3,(H,29,34)/t20-/m1/s1. The van der Waals surface area contributed by atoms with Gasteiger partial charge in [0.1, 0.15) is 18.4 Å². The van der Waals surface area contributed by atoms with E-state index in [4.69, 9.17) is 0 Å². The second-order valence-electron chi connectivity index (χ2n) is 9.09. The van der Waals surface area contributed by atoms with E-state index in [0.29, 0.717) is 5.56 Å². The van der Waals surface area contributed by atoms with Gasteiger partial charge in [-0.25, -0.2) is 12.8 Å². The van der Waals surface area contributed by atoms with Gasteiger partial charge in [0.15, 0.2) is 0 Å². The van der Waals surface area contributed by atoms with E-state index in [1.807, 2.05) is 0 Å². The summed E-state index contributed by atoms with van der Waals surface area (Å²) in [5.74, 6) is -1.63. The summed E-state index contributed by atoms with van der Waals surface area (Å²) in [5.41, 5.74) is 0.305. The summed E-state index contributed by atoms with van der Waals surface area (Å²) in [7, 11) is -4.29. The van der Waals surface area contributed by atoms with Crippen LogP contribution in [0.25, 0.3) is 0 Å². The quantitative estimate of drug-likeness (QED) is 0.282. The molecule has 3 aromatic carbocycles. The molecule has 0 radical (unpaired) electrons. The maximum absolute atomic E-state index is 13.7. The van der Waals surface area contributed by atoms with E-state index in [2.05, 4.69) is 5.32 Å². The minimum Gasteiger partial charge on any atom is -0.352 e. The van der Waals surface area contributed by atoms with Gasteiger partial charge in [-0.3, -0.25) is 24.0 Å². The molecule has 0 aliphatic rings. The Hall–Kier alpha value is -4.32. The first-order valence-corrected chi connectivity index (χ1v) is 13.5. The number of halogens is 1. The van der Waals surface area contributed by atoms with Gasteiger partial charge in [0.05, 0.1) is 15.5 Å². The predicted molar refractivity (Wildman–Crippen MR) is 144 cm³/mol. The summed E-state index contributed by atoms with van der Waals surface area (Å²) in [6, 6.07) is 16.4. The third-order valence-corrected chi connectivity index (χ3v) is 7.61. The van der Waals surface area contributed by atoms with Gasteiger partial charge >= 0.3 is 0 Å². The predicted octanol–water partition coefficient (Wildman–Crippen LogP) is 3.87. The number of nitro benzene ring substituents is 1. The highest BCUT2D eigenvalue weighted by Crippen LogP contribution is 2.26. The average molecular weight is 557 g/mol. The topological polar surface area (TPSA) is 130 Å². The SMILES string of the molecule is CC(C)NC(=O)[C@@H](C)N(Cc1ccc(F)cc1)C(=O)CN(c1ccc([N+](=O)[O-])cc1)S(=O)(=O)c1ccccc1. The molecule has 3 rings (SSSR count). The van der Waals surface area contributed by atoms with Crippen LogP contribution in [0.5, 0.6) is 0 Å². The summed E-state index contributed by atoms with van der Waals surface area (Å²) < 4.78 is 41.6. The molecule has 0 heterocycles. The number of carbonyl (C=O) groups excluding carboxylic acids is 2. The van der Waals surface area contributed by atoms with Gasteiger partial charge in [0.2, 0.25) is 11.8 Å². The first-order chi connectivity index (χ1) is 18.4. The molecular weight excluding hydrogens is 527 g/mol. The third-order valence-electron chi connectivity index (χ3n) is 5.82. The van der Waals surface area contributed by atoms with Gasteiger partial charge < -0.3 is 10.2 Å². The number of rotatable bonds is 11. The van der Waals surface area contributed by atoms with E-state index in [1.54, 1.807) is 19.9 Å². The molecule has 12 heteroatoms. The monoisotopic (exact) mass is 556 g/mol. The molecule has 206 valence electrons. The van der Waals surface area contributed by atoms with Crippen LogP contribution in [-0.4, -0.2) is 48.7 Å². The van der Waals surface area contributed by atoms with Gasteiger partial charge in [-0.15, -0.1) is 0 Å². The Bertz CT molecular complexity index is 1410. The van der Waals surface area contributed by atoms with Crippen molar-refractivity contribution in [1.29, 1.82) is 0 Å². The Kier molecular flexibility index (Phi) is 9.36. The maximum atomic E-state index is 13.7. The number of anilines is 1. The van der Waals surface area contributed by atoms with E-state index in [1.165, 1.54) is 72.5 Å². The number of non-ortho nitro benzene ring substituents is 1. The number of benzene rings is 3. The molecule has 0 unspecified atom stereocenters. The number of hydrogen-bond acceptors (Lipinski definition) is 6. The Morgan fingerprint density at radius 3 is 2.08 bits per heavy atom. The largest absolute Gasteiger partial charge is 0.352 e. The van der Waals surface area contributed by atoms with Gasteiger partial charge in [0, 0.05) is 24.7 Å². The maximum Gasteiger partial charge on any atom is 0.269 e. The number of hydrogen-bond donors (Lipinski definition) is 1. The molecule has 39 heavy (non-hydrogen) atoms. The van der Waals surface area contributed by atoms with E-state index in [0.717, 1.165) is 16.4 Å². The Balaban J connectivity index is 2.03. The fourth-order valence-electron chi connectivity index (χ4n) is 3.76. The summed E-state index contributed by atoms with van der Waals surface area (Å²) >= 11 is 0. The van der Waals surface area contributed by atoms with Crippen LogP contribution < -0.4 is 9.62 Å². The van der Waals surface area contributed by atoms with Crippen molar-refractivity contribution in [2.24, 2.45) is 0 Å². The lowest BCUT2D eigenvalue weighted by molar-refractivity contribution is -0.384. The third kappa shape index (κ3) is 7.38. The van der Waals surface area contributed by atoms with Crippen LogP contribution in [-0.2, 0) is 26.2 Å². The van der Waals surface area contributed by atoms with Crippen LogP contribution in [0, 0.1) is 15.9 Å². The highest BCUT2D eigenvalue weighted by atomic mass is 32.2. The summed E-state index contributed by atoms with van der Waals surface area (Å²) in [6.07, 6.45) is 0. The first kappa shape index (κ1) is 29.2. The smallest absolute Gasteiger partial charge is 0.269 e. The van der Waals surface area contributed by atoms with Gasteiger partial charge in [-0.1, -0.05) is 30.3 Å².